The maximum atomic E-state index is 14.0. The Morgan fingerprint density at radius 3 is 2.62 bits per heavy atom. The highest BCUT2D eigenvalue weighted by Gasteiger charge is 2.38. The summed E-state index contributed by atoms with van der Waals surface area (Å²) in [5, 5.41) is 14.2. The zero-order valence-electron chi connectivity index (χ0n) is 23.8. The second-order valence-corrected chi connectivity index (χ2v) is 10.6. The van der Waals surface area contributed by atoms with Crippen molar-refractivity contribution < 1.29 is 19.1 Å². The van der Waals surface area contributed by atoms with Gasteiger partial charge in [0.1, 0.15) is 23.5 Å². The van der Waals surface area contributed by atoms with Crippen LogP contribution in [0.1, 0.15) is 29.7 Å². The maximum absolute atomic E-state index is 14.0. The van der Waals surface area contributed by atoms with Gasteiger partial charge in [0.2, 0.25) is 17.7 Å². The number of carbonyl (C=O) groups excluding carboxylic acids is 3. The van der Waals surface area contributed by atoms with Crippen LogP contribution in [0.2, 0.25) is 0 Å². The number of piperazine rings is 1. The third-order valence-electron chi connectivity index (χ3n) is 7.58. The third kappa shape index (κ3) is 7.61. The Hall–Kier alpha value is -4.51. The molecule has 0 radical (unpaired) electrons. The highest BCUT2D eigenvalue weighted by Crippen LogP contribution is 2.17. The number of hydrogen-bond donors (Lipinski definition) is 2. The lowest BCUT2D eigenvalue weighted by molar-refractivity contribution is -0.146. The van der Waals surface area contributed by atoms with E-state index in [1.165, 1.54) is 0 Å². The number of hydrogen-bond acceptors (Lipinski definition) is 7. The summed E-state index contributed by atoms with van der Waals surface area (Å²) in [6, 6.07) is 15.9. The summed E-state index contributed by atoms with van der Waals surface area (Å²) in [4.78, 5) is 44.3. The first-order chi connectivity index (χ1) is 20.5. The highest BCUT2D eigenvalue weighted by molar-refractivity contribution is 5.92. The first kappa shape index (κ1) is 29.0. The minimum absolute atomic E-state index is 0.206. The molecule has 3 heterocycles. The molecule has 1 aromatic heterocycles. The van der Waals surface area contributed by atoms with Crippen molar-refractivity contribution in [1.82, 2.24) is 35.4 Å². The normalized spacial score (nSPS) is 20.8. The zero-order valence-corrected chi connectivity index (χ0v) is 23.8. The smallest absolute Gasteiger partial charge is 0.246 e. The molecule has 3 amide bonds. The summed E-state index contributed by atoms with van der Waals surface area (Å²) in [5.41, 5.74) is 2.61. The van der Waals surface area contributed by atoms with Crippen LogP contribution < -0.4 is 15.4 Å². The Labute approximate surface area is 245 Å². The largest absolute Gasteiger partial charge is 0.497 e. The van der Waals surface area contributed by atoms with Crippen LogP contribution in [0.3, 0.4) is 0 Å². The van der Waals surface area contributed by atoms with E-state index in [-0.39, 0.29) is 30.7 Å². The van der Waals surface area contributed by atoms with Crippen molar-refractivity contribution in [3.63, 3.8) is 0 Å². The predicted molar refractivity (Wildman–Crippen MR) is 157 cm³/mol. The van der Waals surface area contributed by atoms with Gasteiger partial charge in [-0.1, -0.05) is 59.8 Å². The zero-order chi connectivity index (χ0) is 29.3. The molecule has 2 bridgehead atoms. The van der Waals surface area contributed by atoms with E-state index >= 15 is 0 Å². The molecule has 11 heteroatoms. The minimum atomic E-state index is -0.778. The molecule has 0 spiro atoms. The molecule has 2 N–H and O–H groups in total. The van der Waals surface area contributed by atoms with Crippen molar-refractivity contribution in [2.75, 3.05) is 33.3 Å². The van der Waals surface area contributed by atoms with Gasteiger partial charge in [-0.15, -0.1) is 5.10 Å². The van der Waals surface area contributed by atoms with E-state index in [0.29, 0.717) is 51.3 Å². The van der Waals surface area contributed by atoms with E-state index in [0.717, 1.165) is 16.9 Å². The van der Waals surface area contributed by atoms with E-state index in [2.05, 4.69) is 31.9 Å². The van der Waals surface area contributed by atoms with E-state index in [9.17, 15) is 14.4 Å². The molecule has 2 aliphatic rings. The Kier molecular flexibility index (Phi) is 9.60. The minimum Gasteiger partial charge on any atom is -0.497 e. The van der Waals surface area contributed by atoms with E-state index in [1.807, 2.05) is 60.7 Å². The number of aromatic nitrogens is 3. The molecule has 2 atom stereocenters. The van der Waals surface area contributed by atoms with Crippen LogP contribution in [-0.2, 0) is 33.9 Å². The molecular formula is C31H37N7O4. The first-order valence-corrected chi connectivity index (χ1v) is 14.3. The fourth-order valence-electron chi connectivity index (χ4n) is 5.29. The molecule has 1 fully saturated rings. The average molecular weight is 572 g/mol. The molecule has 220 valence electrons. The molecular weight excluding hydrogens is 534 g/mol. The van der Waals surface area contributed by atoms with Gasteiger partial charge < -0.3 is 20.3 Å². The lowest BCUT2D eigenvalue weighted by atomic mass is 10.0. The van der Waals surface area contributed by atoms with Gasteiger partial charge in [-0.25, -0.2) is 0 Å². The molecule has 2 aliphatic heterocycles. The second-order valence-electron chi connectivity index (χ2n) is 10.6. The van der Waals surface area contributed by atoms with Gasteiger partial charge in [0, 0.05) is 45.6 Å². The number of nitrogens with one attached hydrogen (secondary N) is 2. The van der Waals surface area contributed by atoms with Gasteiger partial charge in [0.25, 0.3) is 0 Å². The van der Waals surface area contributed by atoms with Crippen LogP contribution in [0.5, 0.6) is 5.75 Å². The Balaban J connectivity index is 1.35. The second kappa shape index (κ2) is 13.9. The molecule has 11 nitrogen and oxygen atoms in total. The van der Waals surface area contributed by atoms with Gasteiger partial charge >= 0.3 is 0 Å². The highest BCUT2D eigenvalue weighted by atomic mass is 16.5. The third-order valence-corrected chi connectivity index (χ3v) is 7.58. The van der Waals surface area contributed by atoms with Crippen molar-refractivity contribution in [2.24, 2.45) is 0 Å². The van der Waals surface area contributed by atoms with Crippen molar-refractivity contribution in [2.45, 2.75) is 44.4 Å². The summed E-state index contributed by atoms with van der Waals surface area (Å²) in [7, 11) is 1.64. The van der Waals surface area contributed by atoms with Gasteiger partial charge in [0.15, 0.2) is 0 Å². The van der Waals surface area contributed by atoms with E-state index in [4.69, 9.17) is 4.74 Å². The molecule has 3 aromatic rings. The molecule has 0 aliphatic carbocycles. The number of ether oxygens (including phenoxy) is 1. The molecule has 5 rings (SSSR count). The molecule has 42 heavy (non-hydrogen) atoms. The average Bonchev–Trinajstić information content (AvgIpc) is 3.47. The summed E-state index contributed by atoms with van der Waals surface area (Å²) in [6.45, 7) is 2.67. The van der Waals surface area contributed by atoms with Crippen LogP contribution in [-0.4, -0.2) is 87.9 Å². The van der Waals surface area contributed by atoms with Crippen LogP contribution in [0.25, 0.3) is 6.08 Å². The Bertz CT molecular complexity index is 1390. The van der Waals surface area contributed by atoms with Crippen molar-refractivity contribution in [3.8, 4) is 5.75 Å². The maximum Gasteiger partial charge on any atom is 0.246 e. The number of fused-ring (bicyclic) bond motifs is 3. The van der Waals surface area contributed by atoms with Gasteiger partial charge in [0.05, 0.1) is 19.9 Å². The SMILES string of the molecule is COc1ccc(/C=C/CN2CCN3C(=O)[C@H](Cc4ccccc4)NC(=O)CCCn4cc(nn4)CNC(=O)[C@H]3C2)cc1. The van der Waals surface area contributed by atoms with Crippen molar-refractivity contribution in [1.29, 1.82) is 0 Å². The van der Waals surface area contributed by atoms with Crippen molar-refractivity contribution >= 4 is 23.8 Å². The topological polar surface area (TPSA) is 122 Å². The summed E-state index contributed by atoms with van der Waals surface area (Å²) in [6.07, 6.45) is 7.01. The number of methoxy groups -OCH3 is 1. The number of benzene rings is 2. The van der Waals surface area contributed by atoms with Gasteiger partial charge in [-0.3, -0.25) is 24.0 Å². The Morgan fingerprint density at radius 2 is 1.83 bits per heavy atom. The lowest BCUT2D eigenvalue weighted by Gasteiger charge is -2.41. The molecule has 0 unspecified atom stereocenters. The summed E-state index contributed by atoms with van der Waals surface area (Å²) in [5.74, 6) is 0.0803. The fraction of sp³-hybridized carbons (Fsp3) is 0.387. The number of aryl methyl sites for hydroxylation is 1. The standard InChI is InChI=1S/C31H37N7O4/c1-42-26-13-11-23(12-14-26)9-5-15-36-17-18-38-28(22-36)30(40)32-20-25-21-37(35-34-25)16-6-10-29(39)33-27(31(38)41)19-24-7-3-2-4-8-24/h2-5,7-9,11-14,21,27-28H,6,10,15-20,22H2,1H3,(H,32,40)(H,33,39)/b9-5+/t27-,28+/m0/s1. The molecule has 2 aromatic carbocycles. The van der Waals surface area contributed by atoms with Crippen LogP contribution in [0, 0.1) is 0 Å². The van der Waals surface area contributed by atoms with E-state index in [1.54, 1.807) is 22.9 Å². The van der Waals surface area contributed by atoms with Crippen LogP contribution in [0.15, 0.2) is 66.9 Å². The number of carbonyl (C=O) groups is 3. The molecule has 0 saturated carbocycles. The van der Waals surface area contributed by atoms with Gasteiger partial charge in [-0.05, 0) is 29.7 Å². The number of nitrogens with zero attached hydrogens (tertiary/aromatic N) is 5. The van der Waals surface area contributed by atoms with Crippen LogP contribution >= 0.6 is 0 Å². The summed E-state index contributed by atoms with van der Waals surface area (Å²) >= 11 is 0. The van der Waals surface area contributed by atoms with E-state index < -0.39 is 12.1 Å². The van der Waals surface area contributed by atoms with Crippen LogP contribution in [0.4, 0.5) is 0 Å². The van der Waals surface area contributed by atoms with Crippen molar-refractivity contribution in [3.05, 3.63) is 83.7 Å². The first-order valence-electron chi connectivity index (χ1n) is 14.3. The molecule has 1 saturated heterocycles. The number of amides is 3. The lowest BCUT2D eigenvalue weighted by Crippen LogP contribution is -2.63. The monoisotopic (exact) mass is 571 g/mol. The quantitative estimate of drug-likeness (QED) is 0.462. The summed E-state index contributed by atoms with van der Waals surface area (Å²) < 4.78 is 6.90. The van der Waals surface area contributed by atoms with Gasteiger partial charge in [-0.2, -0.15) is 0 Å². The fourth-order valence-corrected chi connectivity index (χ4v) is 5.29. The predicted octanol–water partition coefficient (Wildman–Crippen LogP) is 1.65. The number of rotatable bonds is 6. The Morgan fingerprint density at radius 1 is 1.02 bits per heavy atom.